The standard InChI is InChI=1S/C15H16O5/c1-3-10-19-13-7-5-4-6-12(13)11(2)20-15(18)9-8-14(16)17/h3-9,11H,1,10H2,2H3,(H,16,17)/b9-8+. The molecular weight excluding hydrogens is 260 g/mol. The summed E-state index contributed by atoms with van der Waals surface area (Å²) in [5.74, 6) is -1.34. The molecule has 0 spiro atoms. The van der Waals surface area contributed by atoms with E-state index in [-0.39, 0.29) is 0 Å². The first kappa shape index (κ1) is 15.5. The highest BCUT2D eigenvalue weighted by atomic mass is 16.5. The van der Waals surface area contributed by atoms with Crippen LogP contribution in [0.5, 0.6) is 5.75 Å². The quantitative estimate of drug-likeness (QED) is 0.470. The average Bonchev–Trinajstić information content (AvgIpc) is 2.43. The molecular formula is C15H16O5. The fourth-order valence-corrected chi connectivity index (χ4v) is 1.51. The van der Waals surface area contributed by atoms with E-state index < -0.39 is 18.0 Å². The average molecular weight is 276 g/mol. The molecule has 1 rings (SSSR count). The van der Waals surface area contributed by atoms with E-state index in [1.807, 2.05) is 0 Å². The number of esters is 1. The Morgan fingerprint density at radius 3 is 2.70 bits per heavy atom. The topological polar surface area (TPSA) is 72.8 Å². The van der Waals surface area contributed by atoms with Gasteiger partial charge in [-0.3, -0.25) is 0 Å². The summed E-state index contributed by atoms with van der Waals surface area (Å²) in [6.45, 7) is 5.59. The molecule has 1 aromatic carbocycles. The Hall–Kier alpha value is -2.56. The number of benzene rings is 1. The van der Waals surface area contributed by atoms with Crippen molar-refractivity contribution < 1.29 is 24.2 Å². The molecule has 0 bridgehead atoms. The van der Waals surface area contributed by atoms with Crippen LogP contribution >= 0.6 is 0 Å². The third-order valence-corrected chi connectivity index (χ3v) is 2.37. The molecule has 1 aromatic rings. The van der Waals surface area contributed by atoms with E-state index in [2.05, 4.69) is 6.58 Å². The lowest BCUT2D eigenvalue weighted by Crippen LogP contribution is -2.08. The Morgan fingerprint density at radius 1 is 1.35 bits per heavy atom. The first-order valence-electron chi connectivity index (χ1n) is 5.99. The minimum absolute atomic E-state index is 0.344. The molecule has 0 aromatic heterocycles. The summed E-state index contributed by atoms with van der Waals surface area (Å²) in [4.78, 5) is 21.7. The molecule has 1 atom stereocenters. The zero-order valence-electron chi connectivity index (χ0n) is 11.1. The van der Waals surface area contributed by atoms with Gasteiger partial charge < -0.3 is 14.6 Å². The van der Waals surface area contributed by atoms with Gasteiger partial charge in [-0.05, 0) is 13.0 Å². The first-order chi connectivity index (χ1) is 9.54. The number of para-hydroxylation sites is 1. The first-order valence-corrected chi connectivity index (χ1v) is 5.99. The molecule has 0 radical (unpaired) electrons. The highest BCUT2D eigenvalue weighted by Gasteiger charge is 2.14. The molecule has 5 heteroatoms. The van der Waals surface area contributed by atoms with Crippen LogP contribution in [0.15, 0.2) is 49.1 Å². The predicted molar refractivity (Wildman–Crippen MR) is 73.4 cm³/mol. The number of carbonyl (C=O) groups excluding carboxylic acids is 1. The number of carboxylic acids is 1. The van der Waals surface area contributed by atoms with Crippen LogP contribution in [-0.2, 0) is 14.3 Å². The molecule has 0 heterocycles. The van der Waals surface area contributed by atoms with Crippen LogP contribution in [0.1, 0.15) is 18.6 Å². The highest BCUT2D eigenvalue weighted by Crippen LogP contribution is 2.27. The van der Waals surface area contributed by atoms with Crippen molar-refractivity contribution in [2.75, 3.05) is 6.61 Å². The molecule has 0 saturated heterocycles. The van der Waals surface area contributed by atoms with Gasteiger partial charge in [0.15, 0.2) is 0 Å². The molecule has 20 heavy (non-hydrogen) atoms. The number of hydrogen-bond acceptors (Lipinski definition) is 4. The van der Waals surface area contributed by atoms with E-state index in [1.165, 1.54) is 0 Å². The van der Waals surface area contributed by atoms with Crippen molar-refractivity contribution in [1.82, 2.24) is 0 Å². The van der Waals surface area contributed by atoms with Crippen LogP contribution in [0.3, 0.4) is 0 Å². The van der Waals surface area contributed by atoms with Gasteiger partial charge in [-0.25, -0.2) is 9.59 Å². The number of hydrogen-bond donors (Lipinski definition) is 1. The van der Waals surface area contributed by atoms with Crippen molar-refractivity contribution in [2.24, 2.45) is 0 Å². The van der Waals surface area contributed by atoms with E-state index >= 15 is 0 Å². The van der Waals surface area contributed by atoms with E-state index in [1.54, 1.807) is 37.3 Å². The number of carboxylic acid groups (broad SMARTS) is 1. The lowest BCUT2D eigenvalue weighted by Gasteiger charge is -2.16. The number of carbonyl (C=O) groups is 2. The lowest BCUT2D eigenvalue weighted by atomic mass is 10.1. The third kappa shape index (κ3) is 4.97. The Bertz CT molecular complexity index is 519. The van der Waals surface area contributed by atoms with E-state index in [0.717, 1.165) is 12.2 Å². The van der Waals surface area contributed by atoms with Crippen molar-refractivity contribution >= 4 is 11.9 Å². The van der Waals surface area contributed by atoms with Crippen molar-refractivity contribution in [3.8, 4) is 5.75 Å². The molecule has 1 N–H and O–H groups in total. The summed E-state index contributed by atoms with van der Waals surface area (Å²) in [6.07, 6.45) is 2.66. The summed E-state index contributed by atoms with van der Waals surface area (Å²) in [5, 5.41) is 8.43. The van der Waals surface area contributed by atoms with Gasteiger partial charge in [-0.1, -0.05) is 30.9 Å². The van der Waals surface area contributed by atoms with Crippen molar-refractivity contribution in [1.29, 1.82) is 0 Å². The lowest BCUT2D eigenvalue weighted by molar-refractivity contribution is -0.143. The van der Waals surface area contributed by atoms with Gasteiger partial charge in [0, 0.05) is 17.7 Å². The second kappa shape index (κ2) is 7.78. The minimum Gasteiger partial charge on any atom is -0.489 e. The molecule has 0 saturated carbocycles. The SMILES string of the molecule is C=CCOc1ccccc1C(C)OC(=O)/C=C/C(=O)O. The van der Waals surface area contributed by atoms with Crippen LogP contribution in [0.2, 0.25) is 0 Å². The van der Waals surface area contributed by atoms with Gasteiger partial charge >= 0.3 is 11.9 Å². The smallest absolute Gasteiger partial charge is 0.331 e. The fraction of sp³-hybridized carbons (Fsp3) is 0.200. The Morgan fingerprint density at radius 2 is 2.05 bits per heavy atom. The van der Waals surface area contributed by atoms with Crippen LogP contribution < -0.4 is 4.74 Å². The predicted octanol–water partition coefficient (Wildman–Crippen LogP) is 2.50. The molecule has 0 amide bonds. The Balaban J connectivity index is 2.76. The van der Waals surface area contributed by atoms with Gasteiger partial charge in [0.25, 0.3) is 0 Å². The number of ether oxygens (including phenoxy) is 2. The van der Waals surface area contributed by atoms with Gasteiger partial charge in [0.1, 0.15) is 18.5 Å². The highest BCUT2D eigenvalue weighted by molar-refractivity contribution is 5.90. The zero-order valence-corrected chi connectivity index (χ0v) is 11.1. The largest absolute Gasteiger partial charge is 0.489 e. The number of aliphatic carboxylic acids is 1. The Labute approximate surface area is 117 Å². The molecule has 0 fully saturated rings. The van der Waals surface area contributed by atoms with Gasteiger partial charge in [0.2, 0.25) is 0 Å². The van der Waals surface area contributed by atoms with Gasteiger partial charge in [0.05, 0.1) is 0 Å². The van der Waals surface area contributed by atoms with Crippen LogP contribution in [0.4, 0.5) is 0 Å². The summed E-state index contributed by atoms with van der Waals surface area (Å²) < 4.78 is 10.6. The third-order valence-electron chi connectivity index (χ3n) is 2.37. The van der Waals surface area contributed by atoms with Crippen LogP contribution in [0, 0.1) is 0 Å². The molecule has 0 aliphatic carbocycles. The normalized spacial score (nSPS) is 11.8. The fourth-order valence-electron chi connectivity index (χ4n) is 1.51. The van der Waals surface area contributed by atoms with Crippen LogP contribution in [-0.4, -0.2) is 23.7 Å². The van der Waals surface area contributed by atoms with E-state index in [0.29, 0.717) is 17.9 Å². The van der Waals surface area contributed by atoms with Crippen molar-refractivity contribution in [2.45, 2.75) is 13.0 Å². The Kier molecular flexibility index (Phi) is 6.03. The van der Waals surface area contributed by atoms with Crippen molar-refractivity contribution in [3.05, 3.63) is 54.6 Å². The maximum absolute atomic E-state index is 11.4. The van der Waals surface area contributed by atoms with E-state index in [9.17, 15) is 9.59 Å². The second-order valence-electron chi connectivity index (χ2n) is 3.89. The second-order valence-corrected chi connectivity index (χ2v) is 3.89. The summed E-state index contributed by atoms with van der Waals surface area (Å²) in [7, 11) is 0. The minimum atomic E-state index is -1.20. The molecule has 106 valence electrons. The van der Waals surface area contributed by atoms with E-state index in [4.69, 9.17) is 14.6 Å². The summed E-state index contributed by atoms with van der Waals surface area (Å²) >= 11 is 0. The number of rotatable bonds is 7. The van der Waals surface area contributed by atoms with Gasteiger partial charge in [-0.15, -0.1) is 0 Å². The molecule has 0 aliphatic heterocycles. The van der Waals surface area contributed by atoms with Gasteiger partial charge in [-0.2, -0.15) is 0 Å². The summed E-state index contributed by atoms with van der Waals surface area (Å²) in [5.41, 5.74) is 0.700. The maximum Gasteiger partial charge on any atom is 0.331 e. The van der Waals surface area contributed by atoms with Crippen LogP contribution in [0.25, 0.3) is 0 Å². The zero-order chi connectivity index (χ0) is 15.0. The molecule has 0 aliphatic rings. The summed E-state index contributed by atoms with van der Waals surface area (Å²) in [6, 6.07) is 7.14. The molecule has 5 nitrogen and oxygen atoms in total. The van der Waals surface area contributed by atoms with Crippen molar-refractivity contribution in [3.63, 3.8) is 0 Å². The maximum atomic E-state index is 11.4. The molecule has 1 unspecified atom stereocenters. The monoisotopic (exact) mass is 276 g/mol.